The molecular formula is C31H43N3O4. The van der Waals surface area contributed by atoms with E-state index in [4.69, 9.17) is 4.74 Å². The number of alkyl carbamates (subject to hydrolysis) is 1. The third kappa shape index (κ3) is 9.05. The van der Waals surface area contributed by atoms with E-state index in [9.17, 15) is 14.4 Å². The smallest absolute Gasteiger partial charge is 0.408 e. The zero-order valence-electron chi connectivity index (χ0n) is 24.1. The van der Waals surface area contributed by atoms with Crippen molar-refractivity contribution in [2.45, 2.75) is 85.0 Å². The highest BCUT2D eigenvalue weighted by molar-refractivity contribution is 5.93. The van der Waals surface area contributed by atoms with Crippen LogP contribution in [0.5, 0.6) is 0 Å². The van der Waals surface area contributed by atoms with Gasteiger partial charge in [-0.3, -0.25) is 9.59 Å². The van der Waals surface area contributed by atoms with Crippen LogP contribution in [0, 0.1) is 13.8 Å². The second-order valence-electron chi connectivity index (χ2n) is 11.6. The molecule has 0 saturated heterocycles. The molecule has 0 aromatic heterocycles. The van der Waals surface area contributed by atoms with Gasteiger partial charge in [0.25, 0.3) is 0 Å². The maximum atomic E-state index is 14.2. The monoisotopic (exact) mass is 521 g/mol. The van der Waals surface area contributed by atoms with Gasteiger partial charge in [-0.1, -0.05) is 54.6 Å². The number of amides is 3. The van der Waals surface area contributed by atoms with Crippen molar-refractivity contribution in [2.75, 3.05) is 6.54 Å². The number of benzene rings is 2. The fraction of sp³-hybridized carbons (Fsp3) is 0.452. The van der Waals surface area contributed by atoms with Crippen molar-refractivity contribution < 1.29 is 19.1 Å². The Morgan fingerprint density at radius 3 is 2.16 bits per heavy atom. The third-order valence-corrected chi connectivity index (χ3v) is 5.88. The molecule has 0 bridgehead atoms. The van der Waals surface area contributed by atoms with Crippen LogP contribution in [0.3, 0.4) is 0 Å². The van der Waals surface area contributed by atoms with Crippen LogP contribution in [-0.4, -0.2) is 46.5 Å². The molecule has 0 spiro atoms. The predicted molar refractivity (Wildman–Crippen MR) is 152 cm³/mol. The van der Waals surface area contributed by atoms with Gasteiger partial charge in [0, 0.05) is 18.5 Å². The molecular weight excluding hydrogens is 478 g/mol. The molecule has 3 amide bonds. The number of ether oxygens (including phenoxy) is 1. The molecule has 2 N–H and O–H groups in total. The average molecular weight is 522 g/mol. The highest BCUT2D eigenvalue weighted by Gasteiger charge is 2.37. The molecule has 0 heterocycles. The molecule has 2 atom stereocenters. The molecule has 206 valence electrons. The van der Waals surface area contributed by atoms with E-state index >= 15 is 0 Å². The normalized spacial score (nSPS) is 13.2. The van der Waals surface area contributed by atoms with Gasteiger partial charge in [-0.15, -0.1) is 6.58 Å². The Hall–Kier alpha value is -3.61. The first-order valence-corrected chi connectivity index (χ1v) is 13.0. The van der Waals surface area contributed by atoms with Crippen LogP contribution in [0.15, 0.2) is 61.2 Å². The topological polar surface area (TPSA) is 87.7 Å². The third-order valence-electron chi connectivity index (χ3n) is 5.88. The standard InChI is InChI=1S/C31H43N3O4/c1-10-19-34(26(27(35)33-30(4,5)6)24-18-14-15-21(2)22(24)3)28(36)25(20-23-16-12-11-13-17-23)32-29(37)38-31(7,8)9/h10-18,25-26H,1,19-20H2,2-9H3,(H,32,37)(H,33,35). The van der Waals surface area contributed by atoms with E-state index in [1.807, 2.05) is 83.1 Å². The lowest BCUT2D eigenvalue weighted by atomic mass is 9.93. The highest BCUT2D eigenvalue weighted by atomic mass is 16.6. The van der Waals surface area contributed by atoms with Crippen molar-refractivity contribution in [3.63, 3.8) is 0 Å². The number of carbonyl (C=O) groups excluding carboxylic acids is 3. The molecule has 0 aliphatic heterocycles. The van der Waals surface area contributed by atoms with E-state index < -0.39 is 35.2 Å². The largest absolute Gasteiger partial charge is 0.444 e. The second-order valence-corrected chi connectivity index (χ2v) is 11.6. The van der Waals surface area contributed by atoms with E-state index in [0.29, 0.717) is 0 Å². The summed E-state index contributed by atoms with van der Waals surface area (Å²) in [5, 5.41) is 5.80. The Balaban J connectivity index is 2.59. The maximum Gasteiger partial charge on any atom is 0.408 e. The molecule has 2 aromatic rings. The summed E-state index contributed by atoms with van der Waals surface area (Å²) in [6.07, 6.45) is 1.12. The van der Waals surface area contributed by atoms with Gasteiger partial charge >= 0.3 is 6.09 Å². The molecule has 7 heteroatoms. The zero-order chi connectivity index (χ0) is 28.7. The summed E-state index contributed by atoms with van der Waals surface area (Å²) in [7, 11) is 0. The summed E-state index contributed by atoms with van der Waals surface area (Å²) in [5.74, 6) is -0.716. The van der Waals surface area contributed by atoms with E-state index in [1.165, 1.54) is 4.90 Å². The Kier molecular flexibility index (Phi) is 10.3. The van der Waals surface area contributed by atoms with Crippen molar-refractivity contribution >= 4 is 17.9 Å². The first kappa shape index (κ1) is 30.6. The molecule has 38 heavy (non-hydrogen) atoms. The van der Waals surface area contributed by atoms with Crippen LogP contribution < -0.4 is 10.6 Å². The molecule has 0 saturated carbocycles. The Labute approximate surface area is 227 Å². The van der Waals surface area contributed by atoms with Gasteiger partial charge in [-0.25, -0.2) is 4.79 Å². The van der Waals surface area contributed by atoms with Crippen molar-refractivity contribution in [3.8, 4) is 0 Å². The minimum Gasteiger partial charge on any atom is -0.444 e. The second kappa shape index (κ2) is 12.8. The number of carbonyl (C=O) groups is 3. The van der Waals surface area contributed by atoms with Crippen molar-refractivity contribution in [1.29, 1.82) is 0 Å². The Bertz CT molecular complexity index is 1130. The average Bonchev–Trinajstić information content (AvgIpc) is 2.79. The molecule has 0 aliphatic rings. The Morgan fingerprint density at radius 2 is 1.61 bits per heavy atom. The maximum absolute atomic E-state index is 14.2. The van der Waals surface area contributed by atoms with Gasteiger partial charge in [-0.05, 0) is 77.6 Å². The van der Waals surface area contributed by atoms with Gasteiger partial charge in [0.2, 0.25) is 11.8 Å². The van der Waals surface area contributed by atoms with Crippen LogP contribution >= 0.6 is 0 Å². The number of hydrogen-bond acceptors (Lipinski definition) is 4. The van der Waals surface area contributed by atoms with E-state index in [-0.39, 0.29) is 18.9 Å². The fourth-order valence-electron chi connectivity index (χ4n) is 4.12. The minimum atomic E-state index is -0.970. The number of nitrogens with one attached hydrogen (secondary N) is 2. The molecule has 2 aromatic carbocycles. The lowest BCUT2D eigenvalue weighted by Crippen LogP contribution is -2.55. The van der Waals surface area contributed by atoms with E-state index in [0.717, 1.165) is 22.3 Å². The molecule has 2 unspecified atom stereocenters. The predicted octanol–water partition coefficient (Wildman–Crippen LogP) is 5.41. The minimum absolute atomic E-state index is 0.107. The molecule has 0 fully saturated rings. The number of hydrogen-bond donors (Lipinski definition) is 2. The fourth-order valence-corrected chi connectivity index (χ4v) is 4.12. The van der Waals surface area contributed by atoms with Gasteiger partial charge in [0.1, 0.15) is 17.7 Å². The molecule has 0 aliphatic carbocycles. The Morgan fingerprint density at radius 1 is 0.974 bits per heavy atom. The van der Waals surface area contributed by atoms with Crippen molar-refractivity contribution in [3.05, 3.63) is 83.4 Å². The van der Waals surface area contributed by atoms with Gasteiger partial charge in [0.15, 0.2) is 0 Å². The first-order valence-electron chi connectivity index (χ1n) is 13.0. The van der Waals surface area contributed by atoms with E-state index in [1.54, 1.807) is 26.8 Å². The van der Waals surface area contributed by atoms with Gasteiger partial charge < -0.3 is 20.3 Å². The summed E-state index contributed by atoms with van der Waals surface area (Å²) >= 11 is 0. The SMILES string of the molecule is C=CCN(C(=O)C(Cc1ccccc1)NC(=O)OC(C)(C)C)C(C(=O)NC(C)(C)C)c1cccc(C)c1C. The number of aryl methyl sites for hydroxylation is 1. The van der Waals surface area contributed by atoms with Crippen LogP contribution in [0.25, 0.3) is 0 Å². The molecule has 0 radical (unpaired) electrons. The quantitative estimate of drug-likeness (QED) is 0.432. The number of nitrogens with zero attached hydrogens (tertiary/aromatic N) is 1. The summed E-state index contributed by atoms with van der Waals surface area (Å²) in [6.45, 7) is 18.8. The summed E-state index contributed by atoms with van der Waals surface area (Å²) < 4.78 is 5.47. The lowest BCUT2D eigenvalue weighted by Gasteiger charge is -2.36. The van der Waals surface area contributed by atoms with Crippen molar-refractivity contribution in [1.82, 2.24) is 15.5 Å². The van der Waals surface area contributed by atoms with Gasteiger partial charge in [0.05, 0.1) is 0 Å². The van der Waals surface area contributed by atoms with Crippen LogP contribution in [0.2, 0.25) is 0 Å². The lowest BCUT2D eigenvalue weighted by molar-refractivity contribution is -0.142. The first-order chi connectivity index (χ1) is 17.6. The summed E-state index contributed by atoms with van der Waals surface area (Å²) in [6, 6.07) is 13.2. The van der Waals surface area contributed by atoms with Crippen molar-refractivity contribution in [2.24, 2.45) is 0 Å². The van der Waals surface area contributed by atoms with Gasteiger partial charge in [-0.2, -0.15) is 0 Å². The van der Waals surface area contributed by atoms with Crippen LogP contribution in [0.1, 0.15) is 69.8 Å². The number of rotatable bonds is 9. The molecule has 7 nitrogen and oxygen atoms in total. The molecule has 2 rings (SSSR count). The van der Waals surface area contributed by atoms with Crippen LogP contribution in [-0.2, 0) is 20.7 Å². The highest BCUT2D eigenvalue weighted by Crippen LogP contribution is 2.28. The summed E-state index contributed by atoms with van der Waals surface area (Å²) in [5.41, 5.74) is 2.26. The van der Waals surface area contributed by atoms with E-state index in [2.05, 4.69) is 17.2 Å². The summed E-state index contributed by atoms with van der Waals surface area (Å²) in [4.78, 5) is 42.3. The zero-order valence-corrected chi connectivity index (χ0v) is 24.1. The van der Waals surface area contributed by atoms with Crippen LogP contribution in [0.4, 0.5) is 4.79 Å².